The van der Waals surface area contributed by atoms with E-state index in [4.69, 9.17) is 4.74 Å². The van der Waals surface area contributed by atoms with Gasteiger partial charge < -0.3 is 31.0 Å². The molecule has 10 nitrogen and oxygen atoms in total. The van der Waals surface area contributed by atoms with Crippen LogP contribution in [0.4, 0.5) is 0 Å². The van der Waals surface area contributed by atoms with Crippen LogP contribution in [0.5, 0.6) is 5.75 Å². The van der Waals surface area contributed by atoms with Crippen molar-refractivity contribution in [1.82, 2.24) is 26.3 Å². The lowest BCUT2D eigenvalue weighted by atomic mass is 9.94. The maximum Gasteiger partial charge on any atom is 0.255 e. The molecule has 2 atom stereocenters. The maximum absolute atomic E-state index is 13.6. The highest BCUT2D eigenvalue weighted by Crippen LogP contribution is 2.31. The zero-order valence-corrected chi connectivity index (χ0v) is 24.8. The number of nitrogens with one attached hydrogen (secondary N) is 5. The molecule has 5 N–H and O–H groups in total. The average molecular weight is 588 g/mol. The number of ether oxygens (including phenoxy) is 1. The molecule has 2 aromatic carbocycles. The van der Waals surface area contributed by atoms with Crippen LogP contribution < -0.4 is 26.0 Å². The molecule has 1 spiro atoms. The summed E-state index contributed by atoms with van der Waals surface area (Å²) < 4.78 is 6.10. The summed E-state index contributed by atoms with van der Waals surface area (Å²) in [5.74, 6) is -0.984. The molecule has 2 aliphatic rings. The Kier molecular flexibility index (Phi) is 9.33. The minimum Gasteiger partial charge on any atom is -0.491 e. The SMILES string of the molecule is CC(C)[C@@H]1COc2ccccc2C(=O)N[C@H](C(=O)NCCc2c[nH]c3ccccc23)CCC(=O)NC2(CCCC2)C(=O)N1. The Balaban J connectivity index is 1.35. The Labute approximate surface area is 251 Å². The molecule has 0 bridgehead atoms. The van der Waals surface area contributed by atoms with Crippen LogP contribution in [0.25, 0.3) is 10.9 Å². The number of fused-ring (bicyclic) bond motifs is 2. The zero-order valence-electron chi connectivity index (χ0n) is 24.8. The van der Waals surface area contributed by atoms with Gasteiger partial charge in [-0.05, 0) is 55.4 Å². The van der Waals surface area contributed by atoms with E-state index in [0.29, 0.717) is 31.6 Å². The van der Waals surface area contributed by atoms with Crippen molar-refractivity contribution in [2.45, 2.75) is 76.4 Å². The van der Waals surface area contributed by atoms with Gasteiger partial charge in [0.1, 0.15) is 23.9 Å². The minimum atomic E-state index is -0.997. The van der Waals surface area contributed by atoms with Gasteiger partial charge in [0, 0.05) is 30.1 Å². The van der Waals surface area contributed by atoms with Crippen molar-refractivity contribution in [2.75, 3.05) is 13.2 Å². The van der Waals surface area contributed by atoms with E-state index < -0.39 is 17.5 Å². The van der Waals surface area contributed by atoms with Gasteiger partial charge in [-0.25, -0.2) is 0 Å². The first-order valence-electron chi connectivity index (χ1n) is 15.2. The number of benzene rings is 2. The van der Waals surface area contributed by atoms with Crippen LogP contribution in [0.2, 0.25) is 0 Å². The molecule has 5 rings (SSSR count). The van der Waals surface area contributed by atoms with E-state index in [1.165, 1.54) is 0 Å². The number of carbonyl (C=O) groups is 4. The van der Waals surface area contributed by atoms with Crippen molar-refractivity contribution < 1.29 is 23.9 Å². The molecular weight excluding hydrogens is 546 g/mol. The highest BCUT2D eigenvalue weighted by molar-refractivity contribution is 6.00. The van der Waals surface area contributed by atoms with Crippen LogP contribution in [-0.4, -0.2) is 59.4 Å². The lowest BCUT2D eigenvalue weighted by Gasteiger charge is -2.32. The van der Waals surface area contributed by atoms with Gasteiger partial charge in [-0.2, -0.15) is 0 Å². The van der Waals surface area contributed by atoms with E-state index >= 15 is 0 Å². The van der Waals surface area contributed by atoms with Gasteiger partial charge in [-0.15, -0.1) is 0 Å². The van der Waals surface area contributed by atoms with Gasteiger partial charge in [0.15, 0.2) is 0 Å². The largest absolute Gasteiger partial charge is 0.491 e. The molecule has 1 aromatic heterocycles. The third kappa shape index (κ3) is 7.01. The van der Waals surface area contributed by atoms with Crippen LogP contribution in [0.1, 0.15) is 68.3 Å². The Morgan fingerprint density at radius 3 is 2.56 bits per heavy atom. The Bertz CT molecular complexity index is 1480. The predicted molar refractivity (Wildman–Crippen MR) is 164 cm³/mol. The van der Waals surface area contributed by atoms with Gasteiger partial charge in [0.05, 0.1) is 11.6 Å². The summed E-state index contributed by atoms with van der Waals surface area (Å²) in [6.07, 6.45) is 5.35. The Morgan fingerprint density at radius 1 is 1.02 bits per heavy atom. The highest BCUT2D eigenvalue weighted by atomic mass is 16.5. The van der Waals surface area contributed by atoms with Crippen molar-refractivity contribution >= 4 is 34.5 Å². The number of aromatic amines is 1. The smallest absolute Gasteiger partial charge is 0.255 e. The molecule has 43 heavy (non-hydrogen) atoms. The number of amides is 4. The van der Waals surface area contributed by atoms with Crippen molar-refractivity contribution in [1.29, 1.82) is 0 Å². The molecule has 1 saturated carbocycles. The van der Waals surface area contributed by atoms with Crippen molar-refractivity contribution in [3.05, 3.63) is 65.9 Å². The van der Waals surface area contributed by atoms with Crippen molar-refractivity contribution in [2.24, 2.45) is 5.92 Å². The third-order valence-electron chi connectivity index (χ3n) is 8.59. The molecule has 4 amide bonds. The first-order chi connectivity index (χ1) is 20.8. The number of H-pyrrole nitrogens is 1. The van der Waals surface area contributed by atoms with Gasteiger partial charge in [0.2, 0.25) is 17.7 Å². The minimum absolute atomic E-state index is 0.0262. The first kappa shape index (κ1) is 30.1. The zero-order chi connectivity index (χ0) is 30.4. The number of rotatable bonds is 5. The second kappa shape index (κ2) is 13.3. The summed E-state index contributed by atoms with van der Waals surface area (Å²) in [5, 5.41) is 13.0. The number of hydrogen-bond acceptors (Lipinski definition) is 5. The summed E-state index contributed by atoms with van der Waals surface area (Å²) in [5.41, 5.74) is 1.38. The molecule has 0 saturated heterocycles. The molecular formula is C33H41N5O5. The molecule has 2 heterocycles. The highest BCUT2D eigenvalue weighted by Gasteiger charge is 2.43. The van der Waals surface area contributed by atoms with E-state index in [1.54, 1.807) is 24.3 Å². The second-order valence-electron chi connectivity index (χ2n) is 11.9. The standard InChI is InChI=1S/C33H41N5O5/c1-21(2)27-20-43-28-12-6-4-10-24(28)30(40)36-26(13-14-29(39)38-33(32(42)37-27)16-7-8-17-33)31(41)34-18-15-22-19-35-25-11-5-3-9-23(22)25/h3-6,9-12,19,21,26-27,35H,7-8,13-18,20H2,1-2H3,(H,34,41)(H,36,40)(H,37,42)(H,38,39)/t26-,27-/m0/s1. The van der Waals surface area contributed by atoms with Crippen LogP contribution in [0.15, 0.2) is 54.7 Å². The lowest BCUT2D eigenvalue weighted by Crippen LogP contribution is -2.60. The van der Waals surface area contributed by atoms with E-state index in [-0.39, 0.29) is 54.7 Å². The summed E-state index contributed by atoms with van der Waals surface area (Å²) in [6.45, 7) is 4.49. The molecule has 228 valence electrons. The first-order valence-corrected chi connectivity index (χ1v) is 15.2. The Morgan fingerprint density at radius 2 is 1.77 bits per heavy atom. The van der Waals surface area contributed by atoms with Gasteiger partial charge >= 0.3 is 0 Å². The summed E-state index contributed by atoms with van der Waals surface area (Å²) >= 11 is 0. The van der Waals surface area contributed by atoms with Gasteiger partial charge in [0.25, 0.3) is 5.91 Å². The summed E-state index contributed by atoms with van der Waals surface area (Å²) in [4.78, 5) is 56.9. The fraction of sp³-hybridized carbons (Fsp3) is 0.455. The van der Waals surface area contributed by atoms with E-state index in [0.717, 1.165) is 29.3 Å². The van der Waals surface area contributed by atoms with Crippen LogP contribution in [0.3, 0.4) is 0 Å². The molecule has 0 radical (unpaired) electrons. The molecule has 10 heteroatoms. The summed E-state index contributed by atoms with van der Waals surface area (Å²) in [7, 11) is 0. The number of aromatic nitrogens is 1. The normalized spacial score (nSPS) is 21.2. The number of hydrogen-bond donors (Lipinski definition) is 5. The monoisotopic (exact) mass is 587 g/mol. The van der Waals surface area contributed by atoms with Gasteiger partial charge in [-0.1, -0.05) is 57.0 Å². The van der Waals surface area contributed by atoms with E-state index in [9.17, 15) is 19.2 Å². The molecule has 0 unspecified atom stereocenters. The molecule has 3 aromatic rings. The molecule has 1 aliphatic heterocycles. The number of carbonyl (C=O) groups excluding carboxylic acids is 4. The van der Waals surface area contributed by atoms with Crippen LogP contribution in [-0.2, 0) is 20.8 Å². The Hall–Kier alpha value is -4.34. The second-order valence-corrected chi connectivity index (χ2v) is 11.9. The number of para-hydroxylation sites is 2. The van der Waals surface area contributed by atoms with Crippen molar-refractivity contribution in [3.63, 3.8) is 0 Å². The third-order valence-corrected chi connectivity index (χ3v) is 8.59. The topological polar surface area (TPSA) is 141 Å². The maximum atomic E-state index is 13.6. The fourth-order valence-electron chi connectivity index (χ4n) is 5.95. The fourth-order valence-corrected chi connectivity index (χ4v) is 5.95. The summed E-state index contributed by atoms with van der Waals surface area (Å²) in [6, 6.07) is 13.5. The van der Waals surface area contributed by atoms with Crippen molar-refractivity contribution in [3.8, 4) is 5.75 Å². The lowest BCUT2D eigenvalue weighted by molar-refractivity contribution is -0.134. The van der Waals surface area contributed by atoms with E-state index in [2.05, 4.69) is 26.3 Å². The molecule has 1 fully saturated rings. The van der Waals surface area contributed by atoms with Crippen LogP contribution >= 0.6 is 0 Å². The molecule has 1 aliphatic carbocycles. The van der Waals surface area contributed by atoms with Gasteiger partial charge in [-0.3, -0.25) is 19.2 Å². The average Bonchev–Trinajstić information content (AvgIpc) is 3.64. The van der Waals surface area contributed by atoms with Crippen LogP contribution in [0, 0.1) is 5.92 Å². The quantitative estimate of drug-likeness (QED) is 0.311. The van der Waals surface area contributed by atoms with E-state index in [1.807, 2.05) is 44.3 Å². The predicted octanol–water partition coefficient (Wildman–Crippen LogP) is 3.37.